The predicted octanol–water partition coefficient (Wildman–Crippen LogP) is 4.37. The van der Waals surface area contributed by atoms with Crippen molar-refractivity contribution in [2.75, 3.05) is 18.5 Å². The maximum Gasteiger partial charge on any atom is 0.237 e. The van der Waals surface area contributed by atoms with Crippen molar-refractivity contribution < 1.29 is 14.0 Å². The Hall–Kier alpha value is -3.20. The van der Waals surface area contributed by atoms with Crippen LogP contribution in [0.5, 0.6) is 0 Å². The molecule has 8 nitrogen and oxygen atoms in total. The molecule has 1 amide bonds. The number of Topliss-reactive ketones (excluding diaryl/α,β-unsaturated/α-hetero) is 1. The van der Waals surface area contributed by atoms with Gasteiger partial charge in [-0.25, -0.2) is 14.4 Å². The topological polar surface area (TPSA) is 111 Å². The number of aromatic nitrogens is 2. The van der Waals surface area contributed by atoms with Gasteiger partial charge in [0, 0.05) is 24.2 Å². The highest BCUT2D eigenvalue weighted by Crippen LogP contribution is 2.36. The van der Waals surface area contributed by atoms with Gasteiger partial charge in [-0.05, 0) is 70.2 Å². The maximum atomic E-state index is 14.0. The molecule has 38 heavy (non-hydrogen) atoms. The summed E-state index contributed by atoms with van der Waals surface area (Å²) < 4.78 is 14.0. The van der Waals surface area contributed by atoms with Gasteiger partial charge >= 0.3 is 0 Å². The van der Waals surface area contributed by atoms with E-state index in [2.05, 4.69) is 20.6 Å². The summed E-state index contributed by atoms with van der Waals surface area (Å²) in [5.74, 6) is -0.243. The van der Waals surface area contributed by atoms with E-state index in [1.165, 1.54) is 12.1 Å². The Bertz CT molecular complexity index is 1200. The first kappa shape index (κ1) is 27.8. The number of fused-ring (bicyclic) bond motifs is 1. The van der Waals surface area contributed by atoms with Gasteiger partial charge in [0.25, 0.3) is 0 Å². The fourth-order valence-electron chi connectivity index (χ4n) is 5.66. The van der Waals surface area contributed by atoms with Crippen LogP contribution in [0.1, 0.15) is 75.4 Å². The molecule has 0 saturated heterocycles. The quantitative estimate of drug-likeness (QED) is 0.400. The molecular weight excluding hydrogens is 483 g/mol. The Labute approximate surface area is 224 Å². The average Bonchev–Trinajstić information content (AvgIpc) is 3.34. The van der Waals surface area contributed by atoms with Crippen LogP contribution in [0.25, 0.3) is 0 Å². The first-order valence-corrected chi connectivity index (χ1v) is 13.7. The maximum absolute atomic E-state index is 14.0. The molecule has 3 unspecified atom stereocenters. The van der Waals surface area contributed by atoms with E-state index in [-0.39, 0.29) is 29.1 Å². The molecule has 1 aliphatic heterocycles. The Morgan fingerprint density at radius 2 is 1.92 bits per heavy atom. The molecule has 0 radical (unpaired) electrons. The van der Waals surface area contributed by atoms with Crippen LogP contribution >= 0.6 is 0 Å². The first-order chi connectivity index (χ1) is 18.2. The van der Waals surface area contributed by atoms with Gasteiger partial charge in [-0.2, -0.15) is 0 Å². The van der Waals surface area contributed by atoms with Gasteiger partial charge in [0.05, 0.1) is 23.5 Å². The van der Waals surface area contributed by atoms with Crippen molar-refractivity contribution >= 4 is 28.9 Å². The van der Waals surface area contributed by atoms with Gasteiger partial charge in [0.2, 0.25) is 5.91 Å². The molecule has 0 spiro atoms. The number of carbonyl (C=O) groups is 2. The van der Waals surface area contributed by atoms with E-state index >= 15 is 0 Å². The second kappa shape index (κ2) is 12.1. The minimum atomic E-state index is -0.726. The van der Waals surface area contributed by atoms with E-state index < -0.39 is 18.0 Å². The van der Waals surface area contributed by atoms with E-state index in [4.69, 9.17) is 5.41 Å². The number of nitrogens with one attached hydrogen (secondary N) is 3. The number of ketones is 1. The highest BCUT2D eigenvalue weighted by atomic mass is 19.1. The van der Waals surface area contributed by atoms with Crippen molar-refractivity contribution in [3.63, 3.8) is 0 Å². The number of rotatable bonds is 10. The zero-order valence-corrected chi connectivity index (χ0v) is 22.8. The lowest BCUT2D eigenvalue weighted by Gasteiger charge is -2.32. The number of likely N-dealkylation sites (N-methyl/N-ethyl adjacent to an activating group) is 1. The molecule has 1 fully saturated rings. The monoisotopic (exact) mass is 522 g/mol. The van der Waals surface area contributed by atoms with Crippen molar-refractivity contribution in [3.05, 3.63) is 47.2 Å². The zero-order chi connectivity index (χ0) is 27.4. The number of hydrogen-bond acceptors (Lipinski definition) is 7. The molecule has 9 heteroatoms. The Morgan fingerprint density at radius 1 is 1.18 bits per heavy atom. The fraction of sp³-hybridized carbons (Fsp3) is 0.552. The molecule has 1 saturated carbocycles. The molecule has 3 N–H and O–H groups in total. The van der Waals surface area contributed by atoms with Crippen molar-refractivity contribution in [1.29, 1.82) is 5.41 Å². The lowest BCUT2D eigenvalue weighted by atomic mass is 9.79. The van der Waals surface area contributed by atoms with Gasteiger partial charge in [0.1, 0.15) is 17.5 Å². The van der Waals surface area contributed by atoms with Crippen molar-refractivity contribution in [2.45, 2.75) is 83.7 Å². The summed E-state index contributed by atoms with van der Waals surface area (Å²) >= 11 is 0. The Balaban J connectivity index is 1.62. The Kier molecular flexibility index (Phi) is 8.87. The second-order valence-corrected chi connectivity index (χ2v) is 10.5. The molecule has 4 rings (SSSR count). The van der Waals surface area contributed by atoms with E-state index in [0.29, 0.717) is 30.3 Å². The highest BCUT2D eigenvalue weighted by molar-refractivity contribution is 6.42. The predicted molar refractivity (Wildman–Crippen MR) is 147 cm³/mol. The third-order valence-corrected chi connectivity index (χ3v) is 7.97. The van der Waals surface area contributed by atoms with E-state index in [1.807, 2.05) is 17.9 Å². The van der Waals surface area contributed by atoms with Crippen LogP contribution in [-0.2, 0) is 16.0 Å². The molecule has 3 atom stereocenters. The van der Waals surface area contributed by atoms with Crippen LogP contribution in [-0.4, -0.2) is 53.0 Å². The van der Waals surface area contributed by atoms with Gasteiger partial charge in [0.15, 0.2) is 5.78 Å². The van der Waals surface area contributed by atoms with Gasteiger partial charge in [-0.3, -0.25) is 9.59 Å². The van der Waals surface area contributed by atoms with E-state index in [9.17, 15) is 14.0 Å². The molecule has 1 aliphatic carbocycles. The summed E-state index contributed by atoms with van der Waals surface area (Å²) in [5, 5.41) is 14.9. The van der Waals surface area contributed by atoms with Crippen LogP contribution in [0.2, 0.25) is 0 Å². The number of amides is 1. The summed E-state index contributed by atoms with van der Waals surface area (Å²) in [5.41, 5.74) is 2.39. The molecule has 2 heterocycles. The largest absolute Gasteiger partial charge is 0.344 e. The average molecular weight is 523 g/mol. The Morgan fingerprint density at radius 3 is 2.61 bits per heavy atom. The minimum absolute atomic E-state index is 0.0146. The standard InChI is InChI=1S/C29H39FN6O2/c1-5-22(26(31)28(37)27(20-9-7-6-8-10-20)35-29(38)17(2)32-4)23-16-25(34-18(3)33-23)36-14-13-19-11-12-21(30)15-24(19)36/h11-12,15-17,20,22,27,31-32H,5-10,13-14H2,1-4H3,(H,35,38). The molecule has 2 aliphatic rings. The van der Waals surface area contributed by atoms with Crippen LogP contribution in [0.4, 0.5) is 15.9 Å². The smallest absolute Gasteiger partial charge is 0.237 e. The van der Waals surface area contributed by atoms with Gasteiger partial charge in [-0.15, -0.1) is 0 Å². The second-order valence-electron chi connectivity index (χ2n) is 10.5. The van der Waals surface area contributed by atoms with Crippen LogP contribution in [0.15, 0.2) is 24.3 Å². The van der Waals surface area contributed by atoms with E-state index in [0.717, 1.165) is 49.8 Å². The summed E-state index contributed by atoms with van der Waals surface area (Å²) in [6.45, 7) is 6.14. The highest BCUT2D eigenvalue weighted by Gasteiger charge is 2.36. The fourth-order valence-corrected chi connectivity index (χ4v) is 5.66. The third kappa shape index (κ3) is 5.93. The van der Waals surface area contributed by atoms with Crippen LogP contribution < -0.4 is 15.5 Å². The normalized spacial score (nSPS) is 18.0. The number of hydrogen-bond donors (Lipinski definition) is 3. The first-order valence-electron chi connectivity index (χ1n) is 13.7. The molecular formula is C29H39FN6O2. The minimum Gasteiger partial charge on any atom is -0.344 e. The van der Waals surface area contributed by atoms with Crippen molar-refractivity contribution in [1.82, 2.24) is 20.6 Å². The van der Waals surface area contributed by atoms with Crippen LogP contribution in [0.3, 0.4) is 0 Å². The third-order valence-electron chi connectivity index (χ3n) is 7.97. The number of nitrogens with zero attached hydrogens (tertiary/aromatic N) is 3. The number of anilines is 2. The summed E-state index contributed by atoms with van der Waals surface area (Å²) in [7, 11) is 1.71. The van der Waals surface area contributed by atoms with Gasteiger partial charge in [-0.1, -0.05) is 32.3 Å². The van der Waals surface area contributed by atoms with E-state index in [1.54, 1.807) is 27.0 Å². The zero-order valence-electron chi connectivity index (χ0n) is 22.8. The number of benzene rings is 1. The molecule has 2 aromatic rings. The molecule has 0 bridgehead atoms. The number of aryl methyl sites for hydroxylation is 1. The summed E-state index contributed by atoms with van der Waals surface area (Å²) in [4.78, 5) is 37.8. The van der Waals surface area contributed by atoms with Crippen molar-refractivity contribution in [2.24, 2.45) is 5.92 Å². The summed E-state index contributed by atoms with van der Waals surface area (Å²) in [6, 6.07) is 5.45. The number of halogens is 1. The number of carbonyl (C=O) groups excluding carboxylic acids is 2. The summed E-state index contributed by atoms with van der Waals surface area (Å²) in [6.07, 6.45) is 6.16. The SMILES string of the molecule is CCC(C(=N)C(=O)C(NC(=O)C(C)NC)C1CCCCC1)c1cc(N2CCc3ccc(F)cc32)nc(C)n1. The lowest BCUT2D eigenvalue weighted by molar-refractivity contribution is -0.127. The molecule has 1 aromatic carbocycles. The molecule has 1 aromatic heterocycles. The van der Waals surface area contributed by atoms with Gasteiger partial charge < -0.3 is 20.9 Å². The lowest BCUT2D eigenvalue weighted by Crippen LogP contribution is -2.53. The van der Waals surface area contributed by atoms with Crippen LogP contribution in [0, 0.1) is 24.1 Å². The molecule has 204 valence electrons. The van der Waals surface area contributed by atoms with Crippen molar-refractivity contribution in [3.8, 4) is 0 Å².